The second-order valence-electron chi connectivity index (χ2n) is 5.02. The van der Waals surface area contributed by atoms with Gasteiger partial charge in [0.1, 0.15) is 0 Å². The van der Waals surface area contributed by atoms with Crippen LogP contribution in [0.1, 0.15) is 24.2 Å². The number of amides is 1. The van der Waals surface area contributed by atoms with E-state index in [-0.39, 0.29) is 29.1 Å². The molecule has 0 aromatic heterocycles. The second-order valence-corrected chi connectivity index (χ2v) is 5.02. The summed E-state index contributed by atoms with van der Waals surface area (Å²) in [5.41, 5.74) is 0.665. The molecular weight excluding hydrogens is 274 g/mol. The molecule has 7 nitrogen and oxygen atoms in total. The third-order valence-electron chi connectivity index (χ3n) is 3.20. The van der Waals surface area contributed by atoms with Gasteiger partial charge in [-0.3, -0.25) is 14.9 Å². The molecule has 1 aromatic carbocycles. The summed E-state index contributed by atoms with van der Waals surface area (Å²) in [4.78, 5) is 22.7. The Hall–Kier alpha value is -2.15. The van der Waals surface area contributed by atoms with E-state index in [1.54, 1.807) is 14.2 Å². The Kier molecular flexibility index (Phi) is 6.10. The summed E-state index contributed by atoms with van der Waals surface area (Å²) in [6, 6.07) is 3.99. The summed E-state index contributed by atoms with van der Waals surface area (Å²) in [6.45, 7) is 4.32. The number of nitrogens with zero attached hydrogens (tertiary/aromatic N) is 1. The van der Waals surface area contributed by atoms with Gasteiger partial charge >= 0.3 is 0 Å². The Morgan fingerprint density at radius 3 is 2.57 bits per heavy atom. The van der Waals surface area contributed by atoms with Crippen molar-refractivity contribution in [2.45, 2.75) is 19.9 Å². The van der Waals surface area contributed by atoms with Gasteiger partial charge < -0.3 is 15.4 Å². The molecule has 0 saturated heterocycles. The number of benzene rings is 1. The predicted octanol–water partition coefficient (Wildman–Crippen LogP) is 2.04. The Balaban J connectivity index is 3.04. The van der Waals surface area contributed by atoms with Crippen molar-refractivity contribution in [3.8, 4) is 0 Å². The number of anilines is 1. The fourth-order valence-electron chi connectivity index (χ4n) is 1.88. The SMILES string of the molecule is CNc1ccc([N+](=O)[O-])cc1C(=O)NC(COC)C(C)C. The molecule has 0 saturated carbocycles. The predicted molar refractivity (Wildman–Crippen MR) is 80.6 cm³/mol. The van der Waals surface area contributed by atoms with Crippen molar-refractivity contribution in [2.75, 3.05) is 26.1 Å². The van der Waals surface area contributed by atoms with Crippen LogP contribution in [-0.2, 0) is 4.74 Å². The van der Waals surface area contributed by atoms with Gasteiger partial charge in [-0.25, -0.2) is 0 Å². The van der Waals surface area contributed by atoms with Crippen molar-refractivity contribution in [2.24, 2.45) is 5.92 Å². The van der Waals surface area contributed by atoms with Gasteiger partial charge in [-0.2, -0.15) is 0 Å². The van der Waals surface area contributed by atoms with E-state index in [0.29, 0.717) is 12.3 Å². The van der Waals surface area contributed by atoms with Gasteiger partial charge in [-0.1, -0.05) is 13.8 Å². The zero-order valence-corrected chi connectivity index (χ0v) is 12.7. The lowest BCUT2D eigenvalue weighted by Crippen LogP contribution is -2.41. The normalized spacial score (nSPS) is 12.0. The average molecular weight is 295 g/mol. The molecule has 1 aromatic rings. The fourth-order valence-corrected chi connectivity index (χ4v) is 1.88. The van der Waals surface area contributed by atoms with Crippen molar-refractivity contribution in [1.29, 1.82) is 0 Å². The van der Waals surface area contributed by atoms with Gasteiger partial charge in [0.2, 0.25) is 0 Å². The van der Waals surface area contributed by atoms with E-state index < -0.39 is 4.92 Å². The van der Waals surface area contributed by atoms with Crippen LogP contribution in [0.4, 0.5) is 11.4 Å². The first-order chi connectivity index (χ1) is 9.90. The molecule has 0 fully saturated rings. The highest BCUT2D eigenvalue weighted by Crippen LogP contribution is 2.22. The van der Waals surface area contributed by atoms with Crippen molar-refractivity contribution in [3.05, 3.63) is 33.9 Å². The number of hydrogen-bond acceptors (Lipinski definition) is 5. The van der Waals surface area contributed by atoms with E-state index in [0.717, 1.165) is 0 Å². The van der Waals surface area contributed by atoms with Crippen LogP contribution >= 0.6 is 0 Å². The quantitative estimate of drug-likeness (QED) is 0.593. The minimum atomic E-state index is -0.523. The van der Waals surface area contributed by atoms with Crippen LogP contribution in [0.25, 0.3) is 0 Å². The second kappa shape index (κ2) is 7.58. The first-order valence-electron chi connectivity index (χ1n) is 6.66. The molecule has 0 radical (unpaired) electrons. The van der Waals surface area contributed by atoms with Crippen molar-refractivity contribution in [1.82, 2.24) is 5.32 Å². The summed E-state index contributed by atoms with van der Waals surface area (Å²) in [6.07, 6.45) is 0. The van der Waals surface area contributed by atoms with Gasteiger partial charge in [0.25, 0.3) is 11.6 Å². The lowest BCUT2D eigenvalue weighted by Gasteiger charge is -2.22. The molecule has 0 bridgehead atoms. The van der Waals surface area contributed by atoms with Crippen molar-refractivity contribution in [3.63, 3.8) is 0 Å². The average Bonchev–Trinajstić information content (AvgIpc) is 2.45. The summed E-state index contributed by atoms with van der Waals surface area (Å²) in [5, 5.41) is 16.6. The molecule has 0 spiro atoms. The molecule has 0 aliphatic rings. The maximum absolute atomic E-state index is 12.4. The molecular formula is C14H21N3O4. The smallest absolute Gasteiger partial charge is 0.270 e. The molecule has 0 aliphatic heterocycles. The highest BCUT2D eigenvalue weighted by Gasteiger charge is 2.21. The van der Waals surface area contributed by atoms with Crippen LogP contribution in [0.5, 0.6) is 0 Å². The van der Waals surface area contributed by atoms with E-state index in [1.807, 2.05) is 13.8 Å². The Morgan fingerprint density at radius 1 is 1.43 bits per heavy atom. The number of nitro benzene ring substituents is 1. The Morgan fingerprint density at radius 2 is 2.10 bits per heavy atom. The molecule has 1 unspecified atom stereocenters. The van der Waals surface area contributed by atoms with Crippen LogP contribution < -0.4 is 10.6 Å². The number of carbonyl (C=O) groups is 1. The zero-order valence-electron chi connectivity index (χ0n) is 12.7. The number of ether oxygens (including phenoxy) is 1. The molecule has 7 heteroatoms. The van der Waals surface area contributed by atoms with Crippen molar-refractivity contribution < 1.29 is 14.5 Å². The number of methoxy groups -OCH3 is 1. The third kappa shape index (κ3) is 4.42. The minimum absolute atomic E-state index is 0.119. The van der Waals surface area contributed by atoms with E-state index in [4.69, 9.17) is 4.74 Å². The molecule has 0 aliphatic carbocycles. The van der Waals surface area contributed by atoms with E-state index in [2.05, 4.69) is 10.6 Å². The molecule has 21 heavy (non-hydrogen) atoms. The van der Waals surface area contributed by atoms with Gasteiger partial charge in [-0.05, 0) is 12.0 Å². The zero-order chi connectivity index (χ0) is 16.0. The maximum atomic E-state index is 12.4. The molecule has 0 heterocycles. The number of non-ortho nitro benzene ring substituents is 1. The summed E-state index contributed by atoms with van der Waals surface area (Å²) >= 11 is 0. The highest BCUT2D eigenvalue weighted by atomic mass is 16.6. The van der Waals surface area contributed by atoms with Gasteiger partial charge in [0.15, 0.2) is 0 Å². The number of carbonyl (C=O) groups excluding carboxylic acids is 1. The number of nitrogens with one attached hydrogen (secondary N) is 2. The standard InChI is InChI=1S/C14H21N3O4/c1-9(2)13(8-21-4)16-14(18)11-7-10(17(19)20)5-6-12(11)15-3/h5-7,9,13,15H,8H2,1-4H3,(H,16,18). The lowest BCUT2D eigenvalue weighted by molar-refractivity contribution is -0.384. The minimum Gasteiger partial charge on any atom is -0.387 e. The molecule has 1 rings (SSSR count). The lowest BCUT2D eigenvalue weighted by atomic mass is 10.0. The van der Waals surface area contributed by atoms with Gasteiger partial charge in [0.05, 0.1) is 23.1 Å². The highest BCUT2D eigenvalue weighted by molar-refractivity contribution is 6.00. The van der Waals surface area contributed by atoms with Gasteiger partial charge in [0, 0.05) is 32.0 Å². The van der Waals surface area contributed by atoms with Gasteiger partial charge in [-0.15, -0.1) is 0 Å². The summed E-state index contributed by atoms with van der Waals surface area (Å²) in [5.74, 6) is -0.176. The number of nitro groups is 1. The maximum Gasteiger partial charge on any atom is 0.270 e. The van der Waals surface area contributed by atoms with Crippen molar-refractivity contribution >= 4 is 17.3 Å². The number of rotatable bonds is 7. The monoisotopic (exact) mass is 295 g/mol. The first kappa shape index (κ1) is 16.9. The van der Waals surface area contributed by atoms with Crippen LogP contribution in [0.2, 0.25) is 0 Å². The largest absolute Gasteiger partial charge is 0.387 e. The summed E-state index contributed by atoms with van der Waals surface area (Å²) < 4.78 is 5.08. The molecule has 1 atom stereocenters. The Bertz CT molecular complexity index is 517. The number of hydrogen-bond donors (Lipinski definition) is 2. The van der Waals surface area contributed by atoms with E-state index >= 15 is 0 Å². The first-order valence-corrected chi connectivity index (χ1v) is 6.66. The summed E-state index contributed by atoms with van der Waals surface area (Å²) in [7, 11) is 3.22. The van der Waals surface area contributed by atoms with Crippen LogP contribution in [-0.4, -0.2) is 37.6 Å². The topological polar surface area (TPSA) is 93.5 Å². The molecule has 116 valence electrons. The third-order valence-corrected chi connectivity index (χ3v) is 3.20. The van der Waals surface area contributed by atoms with Crippen LogP contribution in [0.15, 0.2) is 18.2 Å². The fraction of sp³-hybridized carbons (Fsp3) is 0.500. The molecule has 2 N–H and O–H groups in total. The van der Waals surface area contributed by atoms with Crippen LogP contribution in [0, 0.1) is 16.0 Å². The Labute approximate surface area is 123 Å². The van der Waals surface area contributed by atoms with Crippen LogP contribution in [0.3, 0.4) is 0 Å². The molecule has 1 amide bonds. The van der Waals surface area contributed by atoms with E-state index in [1.165, 1.54) is 18.2 Å². The van der Waals surface area contributed by atoms with E-state index in [9.17, 15) is 14.9 Å².